The number of carbonyl (C=O) groups is 2. The van der Waals surface area contributed by atoms with Crippen molar-refractivity contribution in [3.63, 3.8) is 0 Å². The molecule has 0 aliphatic carbocycles. The summed E-state index contributed by atoms with van der Waals surface area (Å²) in [6, 6.07) is -1.34. The van der Waals surface area contributed by atoms with Gasteiger partial charge in [-0.05, 0) is 58.3 Å². The summed E-state index contributed by atoms with van der Waals surface area (Å²) in [7, 11) is -9.26. The fraction of sp³-hybridized carbons (Fsp3) is 0.947. The number of rotatable bonds is 24. The summed E-state index contributed by atoms with van der Waals surface area (Å²) in [5, 5.41) is 59.5. The van der Waals surface area contributed by atoms with Crippen LogP contribution < -0.4 is 0 Å². The highest BCUT2D eigenvalue weighted by atomic mass is 31.2. The molecule has 4 saturated heterocycles. The third kappa shape index (κ3) is 15.4. The van der Waals surface area contributed by atoms with Crippen molar-refractivity contribution in [3.05, 3.63) is 0 Å². The largest absolute Gasteiger partial charge is 0.472 e. The second-order valence-corrected chi connectivity index (χ2v) is 20.0. The summed E-state index contributed by atoms with van der Waals surface area (Å²) < 4.78 is 69.5. The summed E-state index contributed by atoms with van der Waals surface area (Å²) in [5.41, 5.74) is 0. The van der Waals surface area contributed by atoms with Gasteiger partial charge in [-0.2, -0.15) is 0 Å². The summed E-state index contributed by atoms with van der Waals surface area (Å²) in [6.45, 7) is 7.23. The van der Waals surface area contributed by atoms with Crippen molar-refractivity contribution in [1.29, 1.82) is 0 Å². The molecule has 0 radical (unpaired) electrons. The first kappa shape index (κ1) is 53.4. The molecular weight excluding hydrogens is 866 g/mol. The van der Waals surface area contributed by atoms with Gasteiger partial charge in [0.25, 0.3) is 0 Å². The van der Waals surface area contributed by atoms with Crippen molar-refractivity contribution < 1.29 is 96.2 Å². The number of hydrogen-bond donors (Lipinski definition) is 8. The Balaban J connectivity index is 1.25. The highest BCUT2D eigenvalue weighted by Gasteiger charge is 2.45. The van der Waals surface area contributed by atoms with E-state index in [9.17, 15) is 59.1 Å². The van der Waals surface area contributed by atoms with Gasteiger partial charge >= 0.3 is 15.6 Å². The van der Waals surface area contributed by atoms with Crippen molar-refractivity contribution in [1.82, 2.24) is 9.80 Å². The maximum atomic E-state index is 13.5. The highest BCUT2D eigenvalue weighted by Crippen LogP contribution is 2.49. The zero-order chi connectivity index (χ0) is 45.9. The van der Waals surface area contributed by atoms with E-state index in [2.05, 4.69) is 0 Å². The molecule has 22 nitrogen and oxygen atoms in total. The van der Waals surface area contributed by atoms with Gasteiger partial charge in [-0.15, -0.1) is 0 Å². The molecule has 8 N–H and O–H groups in total. The third-order valence-corrected chi connectivity index (χ3v) is 13.8. The number of carbonyl (C=O) groups excluding carboxylic acids is 2. The first-order valence-electron chi connectivity index (χ1n) is 21.5. The average molecular weight is 937 g/mol. The van der Waals surface area contributed by atoms with Gasteiger partial charge in [0.05, 0.1) is 62.9 Å². The van der Waals surface area contributed by atoms with Crippen molar-refractivity contribution in [2.45, 2.75) is 159 Å². The smallest absolute Gasteiger partial charge is 0.394 e. The molecule has 2 amide bonds. The standard InChI is InChI=1S/C38H70N2O20P2/c1-22(2)59-61(49,50)55-21-27-15-28(17-40(27)32(44)11-7-9-13-54-38-25(5)34(46)36(48)30(19-42)58-38)60-62(51,52)56-20-26-14-23(3)16-39(26)31(43)10-6-8-12-53-37-24(4)33(45)35(47)29(18-41)57-37/h22-30,33-38,41-42,45-48H,6-21H2,1-5H3,(H,49,50)(H,51,52)/t23-,24?,25?,26+,27+,28-,29?,30?,33?,34?,35?,36?,37?,38?/m1/s1. The van der Waals surface area contributed by atoms with E-state index in [1.54, 1.807) is 32.6 Å². The van der Waals surface area contributed by atoms with Crippen LogP contribution in [0.3, 0.4) is 0 Å². The van der Waals surface area contributed by atoms with Crippen molar-refractivity contribution in [2.75, 3.05) is 52.7 Å². The average Bonchev–Trinajstić information content (AvgIpc) is 3.80. The molecule has 0 bridgehead atoms. The summed E-state index contributed by atoms with van der Waals surface area (Å²) in [4.78, 5) is 50.7. The minimum Gasteiger partial charge on any atom is -0.394 e. The Labute approximate surface area is 362 Å². The predicted molar refractivity (Wildman–Crippen MR) is 216 cm³/mol. The van der Waals surface area contributed by atoms with E-state index in [1.807, 2.05) is 6.92 Å². The molecule has 4 fully saturated rings. The first-order valence-corrected chi connectivity index (χ1v) is 24.5. The molecule has 4 aliphatic rings. The zero-order valence-corrected chi connectivity index (χ0v) is 38.0. The van der Waals surface area contributed by atoms with E-state index in [1.165, 1.54) is 4.90 Å². The van der Waals surface area contributed by atoms with E-state index in [0.717, 1.165) is 0 Å². The summed E-state index contributed by atoms with van der Waals surface area (Å²) >= 11 is 0. The third-order valence-electron chi connectivity index (χ3n) is 11.6. The van der Waals surface area contributed by atoms with Crippen molar-refractivity contribution in [3.8, 4) is 0 Å². The zero-order valence-electron chi connectivity index (χ0n) is 36.2. The minimum atomic E-state index is -4.75. The molecule has 16 atom stereocenters. The van der Waals surface area contributed by atoms with Crippen LogP contribution in [0.1, 0.15) is 86.0 Å². The Morgan fingerprint density at radius 1 is 0.677 bits per heavy atom. The number of amides is 2. The molecule has 0 saturated carbocycles. The van der Waals surface area contributed by atoms with Gasteiger partial charge in [0.1, 0.15) is 24.4 Å². The molecule has 362 valence electrons. The van der Waals surface area contributed by atoms with E-state index in [4.69, 9.17) is 37.0 Å². The van der Waals surface area contributed by atoms with Crippen LogP contribution in [0.25, 0.3) is 0 Å². The van der Waals surface area contributed by atoms with Crippen LogP contribution in [0.5, 0.6) is 0 Å². The molecule has 62 heavy (non-hydrogen) atoms. The molecule has 0 spiro atoms. The van der Waals surface area contributed by atoms with Crippen LogP contribution >= 0.6 is 15.6 Å². The Morgan fingerprint density at radius 2 is 1.13 bits per heavy atom. The molecule has 0 aromatic carbocycles. The topological polar surface area (TPSA) is 310 Å². The van der Waals surface area contributed by atoms with Crippen LogP contribution in [-0.4, -0.2) is 188 Å². The fourth-order valence-electron chi connectivity index (χ4n) is 8.17. The fourth-order valence-corrected chi connectivity index (χ4v) is 10.1. The summed E-state index contributed by atoms with van der Waals surface area (Å²) in [6.07, 6.45) is -7.86. The van der Waals surface area contributed by atoms with Gasteiger partial charge < -0.3 is 69.2 Å². The monoisotopic (exact) mass is 936 g/mol. The number of hydrogen-bond acceptors (Lipinski definition) is 18. The Morgan fingerprint density at radius 3 is 1.60 bits per heavy atom. The Kier molecular flexibility index (Phi) is 21.1. The van der Waals surface area contributed by atoms with Gasteiger partial charge in [0.15, 0.2) is 12.6 Å². The van der Waals surface area contributed by atoms with Gasteiger partial charge in [0, 0.05) is 51.0 Å². The lowest BCUT2D eigenvalue weighted by molar-refractivity contribution is -0.282. The normalized spacial score (nSPS) is 36.2. The Hall–Kier alpha value is -1.24. The maximum Gasteiger partial charge on any atom is 0.472 e. The molecule has 12 unspecified atom stereocenters. The molecule has 24 heteroatoms. The number of phosphoric ester groups is 2. The minimum absolute atomic E-state index is 0.00586. The second-order valence-electron chi connectivity index (χ2n) is 17.2. The lowest BCUT2D eigenvalue weighted by Gasteiger charge is -2.40. The van der Waals surface area contributed by atoms with E-state index < -0.39 is 121 Å². The molecule has 4 rings (SSSR count). The van der Waals surface area contributed by atoms with Gasteiger partial charge in [-0.1, -0.05) is 20.8 Å². The van der Waals surface area contributed by atoms with E-state index in [-0.39, 0.29) is 63.4 Å². The number of aliphatic hydroxyl groups excluding tert-OH is 6. The molecular formula is C38H70N2O20P2. The quantitative estimate of drug-likeness (QED) is 0.0480. The van der Waals surface area contributed by atoms with Crippen LogP contribution in [0, 0.1) is 17.8 Å². The van der Waals surface area contributed by atoms with Crippen molar-refractivity contribution >= 4 is 27.5 Å². The van der Waals surface area contributed by atoms with E-state index in [0.29, 0.717) is 38.6 Å². The maximum absolute atomic E-state index is 13.5. The molecule has 4 heterocycles. The summed E-state index contributed by atoms with van der Waals surface area (Å²) in [5.74, 6) is -1.59. The Bertz CT molecular complexity index is 1500. The number of nitrogens with zero attached hydrogens (tertiary/aromatic N) is 2. The van der Waals surface area contributed by atoms with Crippen LogP contribution in [0.4, 0.5) is 0 Å². The second kappa shape index (κ2) is 24.5. The number of aliphatic hydroxyl groups is 6. The number of likely N-dealkylation sites (tertiary alicyclic amines) is 2. The first-order chi connectivity index (χ1) is 29.2. The van der Waals surface area contributed by atoms with Crippen LogP contribution in [-0.2, 0) is 55.8 Å². The van der Waals surface area contributed by atoms with Crippen LogP contribution in [0.2, 0.25) is 0 Å². The van der Waals surface area contributed by atoms with Crippen molar-refractivity contribution in [2.24, 2.45) is 17.8 Å². The van der Waals surface area contributed by atoms with Crippen LogP contribution in [0.15, 0.2) is 0 Å². The SMILES string of the molecule is CC(C)OP(=O)(O)OC[C@@H]1C[C@@H](OP(=O)(O)OC[C@@H]2C[C@@H](C)CN2C(=O)CCCCOC2OC(CO)C(O)C(O)C2C)CN1C(=O)CCCCOC1OC(CO)C(O)C(O)C1C. The molecule has 0 aromatic rings. The number of unbranched alkanes of at least 4 members (excludes halogenated alkanes) is 2. The lowest BCUT2D eigenvalue weighted by Crippen LogP contribution is -2.55. The molecule has 0 aromatic heterocycles. The van der Waals surface area contributed by atoms with Gasteiger partial charge in [0.2, 0.25) is 11.8 Å². The van der Waals surface area contributed by atoms with Gasteiger partial charge in [-0.25, -0.2) is 9.13 Å². The number of ether oxygens (including phenoxy) is 4. The number of phosphoric acid groups is 2. The molecule has 4 aliphatic heterocycles. The highest BCUT2D eigenvalue weighted by molar-refractivity contribution is 7.47. The van der Waals surface area contributed by atoms with E-state index >= 15 is 0 Å². The van der Waals surface area contributed by atoms with Gasteiger partial charge in [-0.3, -0.25) is 27.7 Å². The predicted octanol–water partition coefficient (Wildman–Crippen LogP) is 0.393. The lowest BCUT2D eigenvalue weighted by atomic mass is 9.92.